The molecule has 0 rings (SSSR count). The minimum Gasteiger partial charge on any atom is -0.0874 e. The number of rotatable bonds is 3. The largest absolute Gasteiger partial charge is 0.0874 e. The molecular weight excluding hydrogens is 120 g/mol. The third-order valence-electron chi connectivity index (χ3n) is 1.62. The molecule has 0 aliphatic rings. The van der Waals surface area contributed by atoms with Crippen LogP contribution < -0.4 is 0 Å². The molecule has 0 aromatic carbocycles. The van der Waals surface area contributed by atoms with Crippen LogP contribution in [0, 0.1) is 5.92 Å². The van der Waals surface area contributed by atoms with Crippen molar-refractivity contribution in [2.24, 2.45) is 5.92 Å². The Balaban J connectivity index is 3.89. The molecule has 0 amide bonds. The highest BCUT2D eigenvalue weighted by atomic mass is 14.0. The summed E-state index contributed by atoms with van der Waals surface area (Å²) in [4.78, 5) is 0. The zero-order chi connectivity index (χ0) is 7.98. The predicted molar refractivity (Wildman–Crippen MR) is 48.0 cm³/mol. The molecule has 58 valence electrons. The third-order valence-corrected chi connectivity index (χ3v) is 1.62. The second-order valence-electron chi connectivity index (χ2n) is 2.80. The summed E-state index contributed by atoms with van der Waals surface area (Å²) >= 11 is 0. The first-order valence-electron chi connectivity index (χ1n) is 4.01. The molecule has 0 saturated carbocycles. The van der Waals surface area contributed by atoms with Crippen LogP contribution in [-0.2, 0) is 0 Å². The van der Waals surface area contributed by atoms with Crippen molar-refractivity contribution in [2.45, 2.75) is 34.1 Å². The van der Waals surface area contributed by atoms with E-state index in [0.717, 1.165) is 5.92 Å². The van der Waals surface area contributed by atoms with Crippen molar-refractivity contribution in [1.82, 2.24) is 0 Å². The van der Waals surface area contributed by atoms with Crippen molar-refractivity contribution in [3.8, 4) is 0 Å². The molecule has 0 aliphatic carbocycles. The average molecular weight is 138 g/mol. The van der Waals surface area contributed by atoms with Crippen LogP contribution in [0.4, 0.5) is 0 Å². The molecule has 0 heteroatoms. The average Bonchev–Trinajstić information content (AvgIpc) is 1.88. The van der Waals surface area contributed by atoms with Crippen molar-refractivity contribution in [2.75, 3.05) is 0 Å². The summed E-state index contributed by atoms with van der Waals surface area (Å²) in [6.07, 6.45) is 7.76. The molecule has 1 unspecified atom stereocenters. The molecule has 0 aromatic heterocycles. The van der Waals surface area contributed by atoms with Crippen LogP contribution >= 0.6 is 0 Å². The molecule has 1 atom stereocenters. The number of hydrogen-bond donors (Lipinski definition) is 0. The van der Waals surface area contributed by atoms with Crippen LogP contribution in [0.25, 0.3) is 0 Å². The van der Waals surface area contributed by atoms with Gasteiger partial charge < -0.3 is 0 Å². The summed E-state index contributed by atoms with van der Waals surface area (Å²) in [5.74, 6) is 0.719. The summed E-state index contributed by atoms with van der Waals surface area (Å²) in [6, 6.07) is 0. The van der Waals surface area contributed by atoms with Crippen molar-refractivity contribution in [1.29, 1.82) is 0 Å². The third kappa shape index (κ3) is 4.37. The molecule has 0 radical (unpaired) electrons. The molecule has 10 heavy (non-hydrogen) atoms. The quantitative estimate of drug-likeness (QED) is 0.523. The number of allylic oxidation sites excluding steroid dienone is 4. The lowest BCUT2D eigenvalue weighted by atomic mass is 10.1. The summed E-state index contributed by atoms with van der Waals surface area (Å²) in [5, 5.41) is 0. The van der Waals surface area contributed by atoms with E-state index in [1.165, 1.54) is 12.0 Å². The van der Waals surface area contributed by atoms with Crippen LogP contribution in [0.3, 0.4) is 0 Å². The van der Waals surface area contributed by atoms with E-state index in [1.54, 1.807) is 0 Å². The van der Waals surface area contributed by atoms with Gasteiger partial charge in [0.15, 0.2) is 0 Å². The van der Waals surface area contributed by atoms with E-state index in [1.807, 2.05) is 6.92 Å². The van der Waals surface area contributed by atoms with E-state index >= 15 is 0 Å². The fraction of sp³-hybridized carbons (Fsp3) is 0.600. The van der Waals surface area contributed by atoms with Crippen LogP contribution in [0.15, 0.2) is 23.8 Å². The molecule has 0 aliphatic heterocycles. The van der Waals surface area contributed by atoms with Crippen molar-refractivity contribution in [3.63, 3.8) is 0 Å². The number of hydrogen-bond acceptors (Lipinski definition) is 0. The van der Waals surface area contributed by atoms with E-state index in [9.17, 15) is 0 Å². The first kappa shape index (κ1) is 9.48. The van der Waals surface area contributed by atoms with E-state index in [-0.39, 0.29) is 0 Å². The van der Waals surface area contributed by atoms with Crippen molar-refractivity contribution in [3.05, 3.63) is 23.8 Å². The SMILES string of the molecule is C/C=C\C(C)=C/C(C)CC. The zero-order valence-corrected chi connectivity index (χ0v) is 7.52. The van der Waals surface area contributed by atoms with Gasteiger partial charge in [-0.2, -0.15) is 0 Å². The Morgan fingerprint density at radius 1 is 1.50 bits per heavy atom. The minimum atomic E-state index is 0.719. The van der Waals surface area contributed by atoms with Gasteiger partial charge in [0.1, 0.15) is 0 Å². The molecule has 0 nitrogen and oxygen atoms in total. The van der Waals surface area contributed by atoms with E-state index in [2.05, 4.69) is 39.0 Å². The minimum absolute atomic E-state index is 0.719. The molecule has 0 fully saturated rings. The second-order valence-corrected chi connectivity index (χ2v) is 2.80. The zero-order valence-electron chi connectivity index (χ0n) is 7.52. The monoisotopic (exact) mass is 138 g/mol. The molecule has 0 N–H and O–H groups in total. The summed E-state index contributed by atoms with van der Waals surface area (Å²) in [7, 11) is 0. The summed E-state index contributed by atoms with van der Waals surface area (Å²) in [6.45, 7) is 8.65. The van der Waals surface area contributed by atoms with Gasteiger partial charge in [-0.1, -0.05) is 44.1 Å². The molecular formula is C10H18. The van der Waals surface area contributed by atoms with Gasteiger partial charge in [0, 0.05) is 0 Å². The lowest BCUT2D eigenvalue weighted by Gasteiger charge is -2.00. The maximum atomic E-state index is 2.31. The molecule has 0 heterocycles. The van der Waals surface area contributed by atoms with Crippen LogP contribution in [0.2, 0.25) is 0 Å². The Bertz CT molecular complexity index is 129. The van der Waals surface area contributed by atoms with Gasteiger partial charge in [-0.25, -0.2) is 0 Å². The maximum Gasteiger partial charge on any atom is -0.0259 e. The van der Waals surface area contributed by atoms with Gasteiger partial charge in [-0.15, -0.1) is 0 Å². The summed E-state index contributed by atoms with van der Waals surface area (Å²) in [5.41, 5.74) is 1.37. The molecule has 0 spiro atoms. The van der Waals surface area contributed by atoms with Gasteiger partial charge >= 0.3 is 0 Å². The van der Waals surface area contributed by atoms with Crippen LogP contribution in [0.1, 0.15) is 34.1 Å². The molecule has 0 aromatic rings. The van der Waals surface area contributed by atoms with Crippen molar-refractivity contribution >= 4 is 0 Å². The lowest BCUT2D eigenvalue weighted by Crippen LogP contribution is -1.85. The fourth-order valence-corrected chi connectivity index (χ4v) is 0.885. The highest BCUT2D eigenvalue weighted by molar-refractivity contribution is 5.15. The summed E-state index contributed by atoms with van der Waals surface area (Å²) < 4.78 is 0. The van der Waals surface area contributed by atoms with Crippen molar-refractivity contribution < 1.29 is 0 Å². The predicted octanol–water partition coefficient (Wildman–Crippen LogP) is 3.55. The molecule has 0 saturated heterocycles. The van der Waals surface area contributed by atoms with Gasteiger partial charge in [0.05, 0.1) is 0 Å². The Labute approximate surface area is 64.6 Å². The Hall–Kier alpha value is -0.520. The van der Waals surface area contributed by atoms with Crippen LogP contribution in [0.5, 0.6) is 0 Å². The highest BCUT2D eigenvalue weighted by Gasteiger charge is 1.91. The Morgan fingerprint density at radius 2 is 2.10 bits per heavy atom. The first-order valence-corrected chi connectivity index (χ1v) is 4.01. The van der Waals surface area contributed by atoms with E-state index in [4.69, 9.17) is 0 Å². The first-order chi connectivity index (χ1) is 4.70. The topological polar surface area (TPSA) is 0 Å². The van der Waals surface area contributed by atoms with E-state index in [0.29, 0.717) is 0 Å². The molecule has 0 bridgehead atoms. The van der Waals surface area contributed by atoms with Gasteiger partial charge in [-0.05, 0) is 19.8 Å². The normalized spacial score (nSPS) is 16.2. The highest BCUT2D eigenvalue weighted by Crippen LogP contribution is 2.06. The van der Waals surface area contributed by atoms with E-state index < -0.39 is 0 Å². The lowest BCUT2D eigenvalue weighted by molar-refractivity contribution is 0.694. The van der Waals surface area contributed by atoms with Gasteiger partial charge in [-0.3, -0.25) is 0 Å². The van der Waals surface area contributed by atoms with Gasteiger partial charge in [0.2, 0.25) is 0 Å². The smallest absolute Gasteiger partial charge is 0.0259 e. The Morgan fingerprint density at radius 3 is 2.50 bits per heavy atom. The maximum absolute atomic E-state index is 2.31. The van der Waals surface area contributed by atoms with Gasteiger partial charge in [0.25, 0.3) is 0 Å². The second kappa shape index (κ2) is 5.28. The van der Waals surface area contributed by atoms with Crippen LogP contribution in [-0.4, -0.2) is 0 Å². The fourth-order valence-electron chi connectivity index (χ4n) is 0.885. The Kier molecular flexibility index (Phi) is 5.00. The standard InChI is InChI=1S/C10H18/c1-5-7-10(4)8-9(3)6-2/h5,7-9H,6H2,1-4H3/b7-5-,10-8-.